The second-order valence-electron chi connectivity index (χ2n) is 3.49. The maximum Gasteiger partial charge on any atom is 0.251 e. The molecule has 84 valence electrons. The minimum absolute atomic E-state index is 0.0939. The lowest BCUT2D eigenvalue weighted by Crippen LogP contribution is -2.13. The summed E-state index contributed by atoms with van der Waals surface area (Å²) in [4.78, 5) is 18.3. The number of nitrogens with zero attached hydrogens (tertiary/aromatic N) is 1. The second kappa shape index (κ2) is 6.35. The molecular weight excluding hydrogens is 192 g/mol. The number of hydrogen-bond acceptors (Lipinski definition) is 3. The summed E-state index contributed by atoms with van der Waals surface area (Å²) in [6, 6.07) is 1.55. The van der Waals surface area contributed by atoms with Crippen molar-refractivity contribution in [3.8, 4) is 0 Å². The molecule has 0 bridgehead atoms. The first-order valence-corrected chi connectivity index (χ1v) is 5.43. The number of H-pyrrole nitrogens is 1. The van der Waals surface area contributed by atoms with Crippen LogP contribution in [0.4, 0.5) is 0 Å². The van der Waals surface area contributed by atoms with Crippen LogP contribution in [0.5, 0.6) is 0 Å². The molecule has 1 rings (SSSR count). The Morgan fingerprint density at radius 3 is 2.87 bits per heavy atom. The van der Waals surface area contributed by atoms with Crippen LogP contribution in [0.2, 0.25) is 0 Å². The van der Waals surface area contributed by atoms with Crippen molar-refractivity contribution >= 4 is 0 Å². The summed E-state index contributed by atoms with van der Waals surface area (Å²) >= 11 is 0. The summed E-state index contributed by atoms with van der Waals surface area (Å²) in [5.41, 5.74) is 0.750. The zero-order valence-corrected chi connectivity index (χ0v) is 9.38. The first-order valence-electron chi connectivity index (χ1n) is 5.43. The van der Waals surface area contributed by atoms with Gasteiger partial charge in [0.25, 0.3) is 5.56 Å². The molecule has 1 heterocycles. The van der Waals surface area contributed by atoms with Gasteiger partial charge in [0.05, 0.1) is 0 Å². The molecule has 0 aliphatic heterocycles. The van der Waals surface area contributed by atoms with Crippen LogP contribution in [0.15, 0.2) is 10.9 Å². The van der Waals surface area contributed by atoms with Crippen molar-refractivity contribution in [3.05, 3.63) is 27.9 Å². The average Bonchev–Trinajstić information content (AvgIpc) is 2.18. The van der Waals surface area contributed by atoms with Crippen LogP contribution in [-0.2, 0) is 17.8 Å². The van der Waals surface area contributed by atoms with Gasteiger partial charge in [0.15, 0.2) is 0 Å². The smallest absolute Gasteiger partial charge is 0.251 e. The standard InChI is InChI=1S/C11H18N2O2/c1-3-5-9-7-11(14)13-10(12-9)8-15-6-4-2/h7H,3-6,8H2,1-2H3,(H,12,13,14). The summed E-state index contributed by atoms with van der Waals surface area (Å²) in [6.07, 6.45) is 2.80. The molecule has 0 saturated heterocycles. The Hall–Kier alpha value is -1.16. The van der Waals surface area contributed by atoms with E-state index < -0.39 is 0 Å². The van der Waals surface area contributed by atoms with Crippen LogP contribution in [0, 0.1) is 0 Å². The molecule has 0 aliphatic carbocycles. The molecule has 0 unspecified atom stereocenters. The van der Waals surface area contributed by atoms with Gasteiger partial charge in [-0.05, 0) is 12.8 Å². The van der Waals surface area contributed by atoms with E-state index in [1.807, 2.05) is 6.92 Å². The molecule has 0 aliphatic rings. The van der Waals surface area contributed by atoms with Crippen LogP contribution in [0.25, 0.3) is 0 Å². The van der Waals surface area contributed by atoms with E-state index in [-0.39, 0.29) is 5.56 Å². The molecule has 0 saturated carbocycles. The molecule has 0 spiro atoms. The van der Waals surface area contributed by atoms with Gasteiger partial charge in [-0.25, -0.2) is 4.98 Å². The molecule has 1 aromatic heterocycles. The fourth-order valence-corrected chi connectivity index (χ4v) is 1.33. The highest BCUT2D eigenvalue weighted by molar-refractivity contribution is 5.02. The minimum atomic E-state index is -0.0939. The van der Waals surface area contributed by atoms with E-state index in [1.54, 1.807) is 6.07 Å². The molecule has 0 atom stereocenters. The van der Waals surface area contributed by atoms with E-state index in [0.29, 0.717) is 19.0 Å². The predicted octanol–water partition coefficient (Wildman–Crippen LogP) is 1.65. The highest BCUT2D eigenvalue weighted by Gasteiger charge is 2.00. The number of hydrogen-bond donors (Lipinski definition) is 1. The zero-order chi connectivity index (χ0) is 11.1. The van der Waals surface area contributed by atoms with E-state index in [2.05, 4.69) is 16.9 Å². The SMILES string of the molecule is CCCOCc1nc(CCC)cc(=O)[nH]1. The van der Waals surface area contributed by atoms with Gasteiger partial charge in [-0.15, -0.1) is 0 Å². The molecule has 0 aromatic carbocycles. The highest BCUT2D eigenvalue weighted by atomic mass is 16.5. The first kappa shape index (κ1) is 11.9. The summed E-state index contributed by atoms with van der Waals surface area (Å²) in [7, 11) is 0. The monoisotopic (exact) mass is 210 g/mol. The quantitative estimate of drug-likeness (QED) is 0.726. The Kier molecular flexibility index (Phi) is 5.04. The highest BCUT2D eigenvalue weighted by Crippen LogP contribution is 1.98. The summed E-state index contributed by atoms with van der Waals surface area (Å²) in [6.45, 7) is 5.20. The number of aromatic nitrogens is 2. The number of rotatable bonds is 6. The van der Waals surface area contributed by atoms with Crippen molar-refractivity contribution in [1.82, 2.24) is 9.97 Å². The Bertz CT molecular complexity index is 347. The normalized spacial score (nSPS) is 10.5. The summed E-state index contributed by atoms with van der Waals surface area (Å²) < 4.78 is 5.32. The third-order valence-corrected chi connectivity index (χ3v) is 1.94. The van der Waals surface area contributed by atoms with Crippen LogP contribution >= 0.6 is 0 Å². The van der Waals surface area contributed by atoms with E-state index >= 15 is 0 Å². The fourth-order valence-electron chi connectivity index (χ4n) is 1.33. The second-order valence-corrected chi connectivity index (χ2v) is 3.49. The zero-order valence-electron chi connectivity index (χ0n) is 9.38. The topological polar surface area (TPSA) is 55.0 Å². The molecule has 0 amide bonds. The molecule has 1 aromatic rings. The number of ether oxygens (including phenoxy) is 1. The van der Waals surface area contributed by atoms with Crippen molar-refractivity contribution in [2.24, 2.45) is 0 Å². The van der Waals surface area contributed by atoms with Crippen LogP contribution in [0.3, 0.4) is 0 Å². The van der Waals surface area contributed by atoms with E-state index in [4.69, 9.17) is 4.74 Å². The lowest BCUT2D eigenvalue weighted by atomic mass is 10.2. The maximum atomic E-state index is 11.3. The lowest BCUT2D eigenvalue weighted by molar-refractivity contribution is 0.115. The van der Waals surface area contributed by atoms with Crippen LogP contribution in [-0.4, -0.2) is 16.6 Å². The van der Waals surface area contributed by atoms with Gasteiger partial charge >= 0.3 is 0 Å². The Labute approximate surface area is 89.7 Å². The molecule has 1 N–H and O–H groups in total. The maximum absolute atomic E-state index is 11.3. The van der Waals surface area contributed by atoms with Crippen molar-refractivity contribution in [2.45, 2.75) is 39.7 Å². The number of aryl methyl sites for hydroxylation is 1. The van der Waals surface area contributed by atoms with Gasteiger partial charge in [0, 0.05) is 18.4 Å². The van der Waals surface area contributed by atoms with Crippen molar-refractivity contribution in [2.75, 3.05) is 6.61 Å². The first-order chi connectivity index (χ1) is 7.26. The molecule has 4 nitrogen and oxygen atoms in total. The van der Waals surface area contributed by atoms with E-state index in [0.717, 1.165) is 25.0 Å². The number of aromatic amines is 1. The van der Waals surface area contributed by atoms with Crippen molar-refractivity contribution in [3.63, 3.8) is 0 Å². The van der Waals surface area contributed by atoms with Crippen molar-refractivity contribution in [1.29, 1.82) is 0 Å². The van der Waals surface area contributed by atoms with Gasteiger partial charge in [-0.2, -0.15) is 0 Å². The van der Waals surface area contributed by atoms with Gasteiger partial charge in [-0.3, -0.25) is 4.79 Å². The van der Waals surface area contributed by atoms with Crippen LogP contribution < -0.4 is 5.56 Å². The van der Waals surface area contributed by atoms with Gasteiger partial charge in [0.2, 0.25) is 0 Å². The van der Waals surface area contributed by atoms with Crippen molar-refractivity contribution < 1.29 is 4.74 Å². The van der Waals surface area contributed by atoms with E-state index in [1.165, 1.54) is 0 Å². The molecule has 0 radical (unpaired) electrons. The number of nitrogens with one attached hydrogen (secondary N) is 1. The summed E-state index contributed by atoms with van der Waals surface area (Å²) in [5.74, 6) is 0.624. The van der Waals surface area contributed by atoms with Gasteiger partial charge in [0.1, 0.15) is 12.4 Å². The largest absolute Gasteiger partial charge is 0.374 e. The van der Waals surface area contributed by atoms with E-state index in [9.17, 15) is 4.79 Å². The lowest BCUT2D eigenvalue weighted by Gasteiger charge is -2.03. The third kappa shape index (κ3) is 4.25. The minimum Gasteiger partial charge on any atom is -0.374 e. The Balaban J connectivity index is 2.66. The molecule has 0 fully saturated rings. The third-order valence-electron chi connectivity index (χ3n) is 1.94. The summed E-state index contributed by atoms with van der Waals surface area (Å²) in [5, 5.41) is 0. The molecule has 4 heteroatoms. The van der Waals surface area contributed by atoms with Crippen LogP contribution in [0.1, 0.15) is 38.2 Å². The van der Waals surface area contributed by atoms with Gasteiger partial charge < -0.3 is 9.72 Å². The average molecular weight is 210 g/mol. The Morgan fingerprint density at radius 2 is 2.20 bits per heavy atom. The fraction of sp³-hybridized carbons (Fsp3) is 0.636. The molecular formula is C11H18N2O2. The molecule has 15 heavy (non-hydrogen) atoms. The van der Waals surface area contributed by atoms with Gasteiger partial charge in [-0.1, -0.05) is 20.3 Å². The Morgan fingerprint density at radius 1 is 1.40 bits per heavy atom. The predicted molar refractivity (Wildman–Crippen MR) is 58.8 cm³/mol.